The average molecular weight is 422 g/mol. The van der Waals surface area contributed by atoms with Crippen molar-refractivity contribution in [1.82, 2.24) is 4.90 Å². The van der Waals surface area contributed by atoms with Gasteiger partial charge in [-0.05, 0) is 75.0 Å². The molecule has 18 heavy (non-hydrogen) atoms. The fourth-order valence-electron chi connectivity index (χ4n) is 2.15. The Balaban J connectivity index is 2.15. The molecular formula is C14H17BrINO. The van der Waals surface area contributed by atoms with E-state index in [1.807, 2.05) is 23.1 Å². The fraction of sp³-hybridized carbons (Fsp3) is 0.500. The zero-order chi connectivity index (χ0) is 13.3. The van der Waals surface area contributed by atoms with E-state index in [0.717, 1.165) is 39.5 Å². The van der Waals surface area contributed by atoms with Gasteiger partial charge < -0.3 is 4.90 Å². The highest BCUT2D eigenvalue weighted by Crippen LogP contribution is 2.31. The van der Waals surface area contributed by atoms with Crippen LogP contribution in [0.2, 0.25) is 0 Å². The zero-order valence-corrected chi connectivity index (χ0v) is 14.4. The third-order valence-corrected chi connectivity index (χ3v) is 4.93. The summed E-state index contributed by atoms with van der Waals surface area (Å²) in [4.78, 5) is 14.5. The van der Waals surface area contributed by atoms with E-state index in [4.69, 9.17) is 0 Å². The number of carbonyl (C=O) groups is 1. The number of hydrogen-bond donors (Lipinski definition) is 0. The minimum Gasteiger partial charge on any atom is -0.339 e. The molecule has 0 N–H and O–H groups in total. The van der Waals surface area contributed by atoms with Crippen LogP contribution in [0.5, 0.6) is 0 Å². The molecule has 0 aromatic heterocycles. The second-order valence-corrected chi connectivity index (χ2v) is 7.68. The number of halogens is 2. The molecule has 0 atom stereocenters. The molecule has 0 aliphatic carbocycles. The predicted octanol–water partition coefficient (Wildman–Crippen LogP) is 4.32. The standard InChI is InChI=1S/C14H17BrINO/c1-14(2)5-7-17(8-6-14)13(18)11-9-10(16)3-4-12(11)15/h3-4,9H,5-8H2,1-2H3. The summed E-state index contributed by atoms with van der Waals surface area (Å²) in [5.74, 6) is 0.149. The molecule has 1 aromatic rings. The van der Waals surface area contributed by atoms with Gasteiger partial charge in [0.25, 0.3) is 5.91 Å². The summed E-state index contributed by atoms with van der Waals surface area (Å²) in [5.41, 5.74) is 1.15. The van der Waals surface area contributed by atoms with Crippen molar-refractivity contribution < 1.29 is 4.79 Å². The molecule has 2 rings (SSSR count). The molecule has 1 fully saturated rings. The summed E-state index contributed by atoms with van der Waals surface area (Å²) in [7, 11) is 0. The molecule has 0 spiro atoms. The molecule has 1 aromatic carbocycles. The molecule has 2 nitrogen and oxygen atoms in total. The normalized spacial score (nSPS) is 18.8. The summed E-state index contributed by atoms with van der Waals surface area (Å²) in [6.45, 7) is 6.28. The minimum atomic E-state index is 0.149. The van der Waals surface area contributed by atoms with Crippen molar-refractivity contribution >= 4 is 44.4 Å². The van der Waals surface area contributed by atoms with Gasteiger partial charge in [-0.1, -0.05) is 13.8 Å². The van der Waals surface area contributed by atoms with Crippen LogP contribution in [0.1, 0.15) is 37.0 Å². The number of rotatable bonds is 1. The van der Waals surface area contributed by atoms with Gasteiger partial charge in [-0.15, -0.1) is 0 Å². The summed E-state index contributed by atoms with van der Waals surface area (Å²) in [6.07, 6.45) is 2.17. The van der Waals surface area contributed by atoms with E-state index in [0.29, 0.717) is 5.41 Å². The number of nitrogens with zero attached hydrogens (tertiary/aromatic N) is 1. The number of hydrogen-bond acceptors (Lipinski definition) is 1. The van der Waals surface area contributed by atoms with Crippen LogP contribution in [0.15, 0.2) is 22.7 Å². The van der Waals surface area contributed by atoms with E-state index in [-0.39, 0.29) is 5.91 Å². The number of benzene rings is 1. The Morgan fingerprint density at radius 3 is 2.56 bits per heavy atom. The SMILES string of the molecule is CC1(C)CCN(C(=O)c2cc(I)ccc2Br)CC1. The Morgan fingerprint density at radius 2 is 1.94 bits per heavy atom. The Morgan fingerprint density at radius 1 is 1.33 bits per heavy atom. The Kier molecular flexibility index (Phi) is 4.36. The molecule has 0 saturated carbocycles. The van der Waals surface area contributed by atoms with Crippen LogP contribution >= 0.6 is 38.5 Å². The maximum Gasteiger partial charge on any atom is 0.255 e. The number of likely N-dealkylation sites (tertiary alicyclic amines) is 1. The Bertz CT molecular complexity index is 463. The summed E-state index contributed by atoms with van der Waals surface area (Å²) in [5, 5.41) is 0. The molecule has 0 radical (unpaired) electrons. The highest BCUT2D eigenvalue weighted by atomic mass is 127. The van der Waals surface area contributed by atoms with Gasteiger partial charge in [-0.2, -0.15) is 0 Å². The molecule has 1 saturated heterocycles. The molecule has 1 amide bonds. The monoisotopic (exact) mass is 421 g/mol. The number of carbonyl (C=O) groups excluding carboxylic acids is 1. The number of amides is 1. The molecular weight excluding hydrogens is 405 g/mol. The first-order chi connectivity index (χ1) is 8.39. The second-order valence-electron chi connectivity index (χ2n) is 5.58. The lowest BCUT2D eigenvalue weighted by molar-refractivity contribution is 0.0629. The Hall–Kier alpha value is -0.100. The van der Waals surface area contributed by atoms with Crippen molar-refractivity contribution in [2.45, 2.75) is 26.7 Å². The van der Waals surface area contributed by atoms with E-state index >= 15 is 0 Å². The van der Waals surface area contributed by atoms with Gasteiger partial charge in [0.2, 0.25) is 0 Å². The van der Waals surface area contributed by atoms with Crippen molar-refractivity contribution in [1.29, 1.82) is 0 Å². The van der Waals surface area contributed by atoms with Gasteiger partial charge in [0.15, 0.2) is 0 Å². The average Bonchev–Trinajstić information content (AvgIpc) is 2.31. The largest absolute Gasteiger partial charge is 0.339 e. The molecule has 1 aliphatic heterocycles. The molecule has 0 unspecified atom stereocenters. The van der Waals surface area contributed by atoms with Gasteiger partial charge in [-0.25, -0.2) is 0 Å². The van der Waals surface area contributed by atoms with E-state index in [1.54, 1.807) is 0 Å². The minimum absolute atomic E-state index is 0.149. The lowest BCUT2D eigenvalue weighted by atomic mass is 9.82. The van der Waals surface area contributed by atoms with E-state index in [9.17, 15) is 4.79 Å². The first kappa shape index (κ1) is 14.3. The van der Waals surface area contributed by atoms with E-state index in [1.165, 1.54) is 0 Å². The van der Waals surface area contributed by atoms with Crippen LogP contribution in [-0.4, -0.2) is 23.9 Å². The first-order valence-corrected chi connectivity index (χ1v) is 8.01. The third kappa shape index (κ3) is 3.26. The van der Waals surface area contributed by atoms with Crippen LogP contribution in [-0.2, 0) is 0 Å². The molecule has 98 valence electrons. The summed E-state index contributed by atoms with van der Waals surface area (Å²) in [6, 6.07) is 5.90. The highest BCUT2D eigenvalue weighted by molar-refractivity contribution is 14.1. The van der Waals surface area contributed by atoms with Crippen molar-refractivity contribution in [2.24, 2.45) is 5.41 Å². The highest BCUT2D eigenvalue weighted by Gasteiger charge is 2.28. The van der Waals surface area contributed by atoms with Crippen LogP contribution in [0, 0.1) is 8.99 Å². The van der Waals surface area contributed by atoms with Crippen molar-refractivity contribution in [3.8, 4) is 0 Å². The lowest BCUT2D eigenvalue weighted by Gasteiger charge is -2.37. The van der Waals surface area contributed by atoms with E-state index in [2.05, 4.69) is 52.4 Å². The molecule has 4 heteroatoms. The summed E-state index contributed by atoms with van der Waals surface area (Å²) >= 11 is 5.71. The zero-order valence-electron chi connectivity index (χ0n) is 10.7. The van der Waals surface area contributed by atoms with Gasteiger partial charge in [0, 0.05) is 21.1 Å². The van der Waals surface area contributed by atoms with Crippen molar-refractivity contribution in [3.63, 3.8) is 0 Å². The quantitative estimate of drug-likeness (QED) is 0.618. The predicted molar refractivity (Wildman–Crippen MR) is 85.8 cm³/mol. The molecule has 0 bridgehead atoms. The third-order valence-electron chi connectivity index (χ3n) is 3.56. The second kappa shape index (κ2) is 5.49. The van der Waals surface area contributed by atoms with Crippen LogP contribution < -0.4 is 0 Å². The smallest absolute Gasteiger partial charge is 0.255 e. The van der Waals surface area contributed by atoms with Crippen LogP contribution in [0.25, 0.3) is 0 Å². The lowest BCUT2D eigenvalue weighted by Crippen LogP contribution is -2.41. The summed E-state index contributed by atoms with van der Waals surface area (Å²) < 4.78 is 1.98. The van der Waals surface area contributed by atoms with Crippen molar-refractivity contribution in [2.75, 3.05) is 13.1 Å². The van der Waals surface area contributed by atoms with Gasteiger partial charge in [0.05, 0.1) is 5.56 Å². The van der Waals surface area contributed by atoms with Crippen LogP contribution in [0.4, 0.5) is 0 Å². The van der Waals surface area contributed by atoms with Crippen molar-refractivity contribution in [3.05, 3.63) is 31.8 Å². The van der Waals surface area contributed by atoms with Gasteiger partial charge in [-0.3, -0.25) is 4.79 Å². The number of piperidine rings is 1. The fourth-order valence-corrected chi connectivity index (χ4v) is 3.05. The molecule has 1 heterocycles. The van der Waals surface area contributed by atoms with Crippen LogP contribution in [0.3, 0.4) is 0 Å². The van der Waals surface area contributed by atoms with Gasteiger partial charge >= 0.3 is 0 Å². The molecule has 1 aliphatic rings. The van der Waals surface area contributed by atoms with E-state index < -0.39 is 0 Å². The first-order valence-electron chi connectivity index (χ1n) is 6.13. The van der Waals surface area contributed by atoms with Gasteiger partial charge in [0.1, 0.15) is 0 Å². The maximum absolute atomic E-state index is 12.5. The Labute approximate surface area is 130 Å². The maximum atomic E-state index is 12.5. The topological polar surface area (TPSA) is 20.3 Å².